The molecule has 0 fully saturated rings. The predicted octanol–water partition coefficient (Wildman–Crippen LogP) is 1.41. The number of thioether (sulfide) groups is 1. The van der Waals surface area contributed by atoms with Gasteiger partial charge in [0.1, 0.15) is 0 Å². The molecule has 0 aromatic heterocycles. The Kier molecular flexibility index (Phi) is 2.89. The van der Waals surface area contributed by atoms with E-state index in [1.165, 1.54) is 5.57 Å². The van der Waals surface area contributed by atoms with Gasteiger partial charge in [-0.25, -0.2) is 0 Å². The number of allylic oxidation sites excluding steroid dienone is 2. The minimum absolute atomic E-state index is 0.127. The Bertz CT molecular complexity index is 346. The van der Waals surface area contributed by atoms with Crippen molar-refractivity contribution >= 4 is 16.9 Å². The lowest BCUT2D eigenvalue weighted by Gasteiger charge is -2.33. The smallest absolute Gasteiger partial charge is 0.154 e. The third-order valence-corrected chi connectivity index (χ3v) is 3.79. The van der Waals surface area contributed by atoms with E-state index in [0.717, 1.165) is 18.6 Å². The fourth-order valence-electron chi connectivity index (χ4n) is 2.02. The number of nitrogens with zero attached hydrogens (tertiary/aromatic N) is 1. The van der Waals surface area contributed by atoms with Gasteiger partial charge in [-0.15, -0.1) is 0 Å². The lowest BCUT2D eigenvalue weighted by Crippen LogP contribution is -2.36. The highest BCUT2D eigenvalue weighted by Crippen LogP contribution is 2.35. The minimum Gasteiger partial charge on any atom is -0.379 e. The van der Waals surface area contributed by atoms with E-state index in [4.69, 9.17) is 11.5 Å². The predicted molar refractivity (Wildman–Crippen MR) is 66.9 cm³/mol. The molecule has 15 heavy (non-hydrogen) atoms. The maximum absolute atomic E-state index is 5.91. The van der Waals surface area contributed by atoms with Crippen molar-refractivity contribution < 1.29 is 0 Å². The summed E-state index contributed by atoms with van der Waals surface area (Å²) < 4.78 is 0. The topological polar surface area (TPSA) is 64.4 Å². The Labute approximate surface area is 94.7 Å². The Hall–Kier alpha value is -0.740. The summed E-state index contributed by atoms with van der Waals surface area (Å²) in [7, 11) is 0. The second-order valence-electron chi connectivity index (χ2n) is 4.27. The highest BCUT2D eigenvalue weighted by atomic mass is 32.2. The molecule has 2 rings (SSSR count). The quantitative estimate of drug-likeness (QED) is 0.706. The zero-order valence-electron chi connectivity index (χ0n) is 8.94. The van der Waals surface area contributed by atoms with E-state index in [2.05, 4.69) is 18.0 Å². The van der Waals surface area contributed by atoms with Crippen molar-refractivity contribution in [1.82, 2.24) is 0 Å². The Morgan fingerprint density at radius 1 is 1.60 bits per heavy atom. The molecule has 0 aromatic rings. The monoisotopic (exact) mass is 223 g/mol. The van der Waals surface area contributed by atoms with Gasteiger partial charge in [-0.3, -0.25) is 4.99 Å². The van der Waals surface area contributed by atoms with Crippen molar-refractivity contribution in [2.24, 2.45) is 16.5 Å². The second-order valence-corrected chi connectivity index (χ2v) is 5.38. The lowest BCUT2D eigenvalue weighted by atomic mass is 9.83. The van der Waals surface area contributed by atoms with Crippen LogP contribution in [0.3, 0.4) is 0 Å². The molecule has 4 heteroatoms. The van der Waals surface area contributed by atoms with Crippen molar-refractivity contribution in [2.45, 2.75) is 31.3 Å². The molecule has 0 amide bonds. The number of nitrogens with two attached hydrogens (primary N) is 2. The molecule has 4 N–H and O–H groups in total. The normalized spacial score (nSPS) is 36.0. The lowest BCUT2D eigenvalue weighted by molar-refractivity contribution is 0.505. The van der Waals surface area contributed by atoms with Gasteiger partial charge in [0, 0.05) is 11.8 Å². The van der Waals surface area contributed by atoms with Crippen LogP contribution in [0.2, 0.25) is 0 Å². The molecule has 0 radical (unpaired) electrons. The molecule has 2 atom stereocenters. The third-order valence-electron chi connectivity index (χ3n) is 3.00. The van der Waals surface area contributed by atoms with Gasteiger partial charge >= 0.3 is 0 Å². The van der Waals surface area contributed by atoms with Crippen LogP contribution < -0.4 is 11.5 Å². The van der Waals surface area contributed by atoms with E-state index in [-0.39, 0.29) is 11.6 Å². The average molecular weight is 223 g/mol. The van der Waals surface area contributed by atoms with Crippen LogP contribution in [0.1, 0.15) is 19.8 Å². The van der Waals surface area contributed by atoms with E-state index in [1.54, 1.807) is 11.8 Å². The number of hydrogen-bond donors (Lipinski definition) is 2. The number of hydrogen-bond acceptors (Lipinski definition) is 4. The van der Waals surface area contributed by atoms with Crippen molar-refractivity contribution in [2.75, 3.05) is 5.75 Å². The Balaban J connectivity index is 2.25. The molecular weight excluding hydrogens is 206 g/mol. The van der Waals surface area contributed by atoms with Crippen LogP contribution in [0.4, 0.5) is 0 Å². The van der Waals surface area contributed by atoms with Gasteiger partial charge < -0.3 is 11.5 Å². The van der Waals surface area contributed by atoms with Crippen LogP contribution in [-0.2, 0) is 0 Å². The van der Waals surface area contributed by atoms with E-state index < -0.39 is 0 Å². The zero-order chi connectivity index (χ0) is 10.9. The minimum atomic E-state index is -0.127. The van der Waals surface area contributed by atoms with Crippen LogP contribution in [0.15, 0.2) is 28.8 Å². The first-order valence-corrected chi connectivity index (χ1v) is 6.20. The molecule has 1 heterocycles. The fourth-order valence-corrected chi connectivity index (χ4v) is 3.00. The SMILES string of the molecule is CC1(C2=CC=CC(N)C2)CCSC(N)=N1. The van der Waals surface area contributed by atoms with E-state index >= 15 is 0 Å². The molecule has 0 saturated heterocycles. The van der Waals surface area contributed by atoms with Gasteiger partial charge in [0.25, 0.3) is 0 Å². The van der Waals surface area contributed by atoms with Crippen LogP contribution in [-0.4, -0.2) is 22.5 Å². The standard InChI is InChI=1S/C11H17N3S/c1-11(5-6-15-10(13)14-11)8-3-2-4-9(12)7-8/h2-4,9H,5-7,12H2,1H3,(H2,13,14). The summed E-state index contributed by atoms with van der Waals surface area (Å²) in [6, 6.07) is 0.132. The highest BCUT2D eigenvalue weighted by molar-refractivity contribution is 8.13. The molecule has 2 unspecified atom stereocenters. The summed E-state index contributed by atoms with van der Waals surface area (Å²) >= 11 is 1.64. The third kappa shape index (κ3) is 2.26. The highest BCUT2D eigenvalue weighted by Gasteiger charge is 2.32. The first-order chi connectivity index (χ1) is 7.10. The maximum Gasteiger partial charge on any atom is 0.154 e. The Morgan fingerprint density at radius 3 is 3.07 bits per heavy atom. The van der Waals surface area contributed by atoms with Crippen LogP contribution in [0, 0.1) is 0 Å². The summed E-state index contributed by atoms with van der Waals surface area (Å²) in [4.78, 5) is 4.57. The van der Waals surface area contributed by atoms with E-state index in [0.29, 0.717) is 5.17 Å². The maximum atomic E-state index is 5.91. The molecular formula is C11H17N3S. The van der Waals surface area contributed by atoms with Crippen LogP contribution in [0.25, 0.3) is 0 Å². The molecule has 1 aliphatic carbocycles. The fraction of sp³-hybridized carbons (Fsp3) is 0.545. The Morgan fingerprint density at radius 2 is 2.40 bits per heavy atom. The van der Waals surface area contributed by atoms with Gasteiger partial charge in [-0.05, 0) is 25.3 Å². The molecule has 0 bridgehead atoms. The second kappa shape index (κ2) is 4.02. The first-order valence-electron chi connectivity index (χ1n) is 5.22. The van der Waals surface area contributed by atoms with Crippen molar-refractivity contribution in [3.8, 4) is 0 Å². The summed E-state index contributed by atoms with van der Waals surface area (Å²) in [5, 5.41) is 0.702. The molecule has 0 saturated carbocycles. The van der Waals surface area contributed by atoms with E-state index in [9.17, 15) is 0 Å². The van der Waals surface area contributed by atoms with Crippen LogP contribution >= 0.6 is 11.8 Å². The number of amidine groups is 1. The van der Waals surface area contributed by atoms with Gasteiger partial charge in [0.2, 0.25) is 0 Å². The van der Waals surface area contributed by atoms with Crippen molar-refractivity contribution in [3.63, 3.8) is 0 Å². The van der Waals surface area contributed by atoms with Gasteiger partial charge in [0.05, 0.1) is 5.54 Å². The van der Waals surface area contributed by atoms with Crippen molar-refractivity contribution in [3.05, 3.63) is 23.8 Å². The average Bonchev–Trinajstić information content (AvgIpc) is 2.17. The van der Waals surface area contributed by atoms with Gasteiger partial charge in [-0.2, -0.15) is 0 Å². The molecule has 2 aliphatic rings. The van der Waals surface area contributed by atoms with Gasteiger partial charge in [-0.1, -0.05) is 30.0 Å². The summed E-state index contributed by atoms with van der Waals surface area (Å²) in [6.45, 7) is 2.15. The van der Waals surface area contributed by atoms with Gasteiger partial charge in [0.15, 0.2) is 5.17 Å². The van der Waals surface area contributed by atoms with Crippen molar-refractivity contribution in [1.29, 1.82) is 0 Å². The van der Waals surface area contributed by atoms with E-state index in [1.807, 2.05) is 12.2 Å². The molecule has 1 aliphatic heterocycles. The number of aliphatic imine (C=N–C) groups is 1. The van der Waals surface area contributed by atoms with Crippen LogP contribution in [0.5, 0.6) is 0 Å². The first kappa shape index (κ1) is 10.8. The zero-order valence-corrected chi connectivity index (χ0v) is 9.76. The summed E-state index contributed by atoms with van der Waals surface area (Å²) in [6.07, 6.45) is 8.13. The molecule has 0 aromatic carbocycles. The summed E-state index contributed by atoms with van der Waals surface area (Å²) in [5.41, 5.74) is 12.9. The summed E-state index contributed by atoms with van der Waals surface area (Å²) in [5.74, 6) is 1.04. The largest absolute Gasteiger partial charge is 0.379 e. The molecule has 82 valence electrons. The molecule has 3 nitrogen and oxygen atoms in total. The molecule has 0 spiro atoms. The number of rotatable bonds is 1.